The molecule has 0 aliphatic carbocycles. The van der Waals surface area contributed by atoms with E-state index >= 15 is 0 Å². The Morgan fingerprint density at radius 2 is 1.85 bits per heavy atom. The zero-order chi connectivity index (χ0) is 19.4. The fourth-order valence-corrected chi connectivity index (χ4v) is 3.51. The lowest BCUT2D eigenvalue weighted by atomic mass is 10.00. The fraction of sp³-hybridized carbons (Fsp3) is 0.476. The summed E-state index contributed by atoms with van der Waals surface area (Å²) in [4.78, 5) is 25.4. The van der Waals surface area contributed by atoms with Gasteiger partial charge in [0.2, 0.25) is 5.91 Å². The summed E-state index contributed by atoms with van der Waals surface area (Å²) in [5.74, 6) is -0.258. The Labute approximate surface area is 159 Å². The minimum absolute atomic E-state index is 0.158. The van der Waals surface area contributed by atoms with Crippen molar-refractivity contribution in [2.24, 2.45) is 0 Å². The van der Waals surface area contributed by atoms with Gasteiger partial charge in [0, 0.05) is 25.7 Å². The molecule has 1 aliphatic heterocycles. The molecule has 1 amide bonds. The molecule has 144 valence electrons. The number of aryl methyl sites for hydroxylation is 1. The molecule has 0 radical (unpaired) electrons. The molecule has 1 saturated heterocycles. The van der Waals surface area contributed by atoms with Crippen LogP contribution in [0, 0.1) is 0 Å². The van der Waals surface area contributed by atoms with Crippen LogP contribution in [0.3, 0.4) is 0 Å². The van der Waals surface area contributed by atoms with Gasteiger partial charge in [0.15, 0.2) is 0 Å². The molecule has 6 nitrogen and oxygen atoms in total. The van der Waals surface area contributed by atoms with Crippen LogP contribution in [0.5, 0.6) is 0 Å². The molecular formula is C21H27N3O3. The predicted molar refractivity (Wildman–Crippen MR) is 103 cm³/mol. The second kappa shape index (κ2) is 8.37. The second-order valence-electron chi connectivity index (χ2n) is 7.52. The quantitative estimate of drug-likeness (QED) is 0.845. The van der Waals surface area contributed by atoms with Crippen LogP contribution in [0.4, 0.5) is 0 Å². The van der Waals surface area contributed by atoms with E-state index in [1.807, 2.05) is 4.90 Å². The lowest BCUT2D eigenvalue weighted by Crippen LogP contribution is -2.39. The number of piperidine rings is 1. The molecule has 2 aromatic rings. The van der Waals surface area contributed by atoms with Gasteiger partial charge in [-0.25, -0.2) is 4.79 Å². The van der Waals surface area contributed by atoms with Crippen molar-refractivity contribution in [3.8, 4) is 0 Å². The third-order valence-corrected chi connectivity index (χ3v) is 5.31. The molecule has 0 bridgehead atoms. The molecule has 2 heterocycles. The van der Waals surface area contributed by atoms with Crippen LogP contribution in [-0.4, -0.2) is 44.8 Å². The van der Waals surface area contributed by atoms with Gasteiger partial charge in [0.1, 0.15) is 0 Å². The Hall–Kier alpha value is -2.63. The summed E-state index contributed by atoms with van der Waals surface area (Å²) in [7, 11) is 0. The van der Waals surface area contributed by atoms with E-state index in [0.717, 1.165) is 19.3 Å². The van der Waals surface area contributed by atoms with Crippen molar-refractivity contribution in [2.75, 3.05) is 13.1 Å². The van der Waals surface area contributed by atoms with Crippen molar-refractivity contribution in [3.05, 3.63) is 53.3 Å². The van der Waals surface area contributed by atoms with Gasteiger partial charge in [0.05, 0.1) is 17.8 Å². The number of likely N-dealkylation sites (tertiary alicyclic amines) is 1. The first kappa shape index (κ1) is 19.1. The highest BCUT2D eigenvalue weighted by Crippen LogP contribution is 2.23. The number of aromatic carboxylic acids is 1. The highest BCUT2D eigenvalue weighted by atomic mass is 16.4. The average Bonchev–Trinajstić information content (AvgIpc) is 3.17. The largest absolute Gasteiger partial charge is 0.478 e. The molecule has 0 spiro atoms. The van der Waals surface area contributed by atoms with Gasteiger partial charge in [0.25, 0.3) is 0 Å². The molecule has 6 heteroatoms. The molecule has 1 aromatic heterocycles. The number of benzene rings is 1. The highest BCUT2D eigenvalue weighted by molar-refractivity contribution is 5.86. The first-order chi connectivity index (χ1) is 12.9. The Morgan fingerprint density at radius 1 is 1.19 bits per heavy atom. The van der Waals surface area contributed by atoms with Gasteiger partial charge in [-0.1, -0.05) is 38.1 Å². The number of amides is 1. The van der Waals surface area contributed by atoms with Crippen molar-refractivity contribution in [1.29, 1.82) is 0 Å². The second-order valence-corrected chi connectivity index (χ2v) is 7.52. The normalized spacial score (nSPS) is 15.3. The van der Waals surface area contributed by atoms with Crippen molar-refractivity contribution < 1.29 is 14.7 Å². The number of rotatable bonds is 6. The van der Waals surface area contributed by atoms with Crippen LogP contribution in [0.15, 0.2) is 36.7 Å². The number of carboxylic acid groups (broad SMARTS) is 1. The Kier molecular flexibility index (Phi) is 5.94. The predicted octanol–water partition coefficient (Wildman–Crippen LogP) is 3.50. The smallest absolute Gasteiger partial charge is 0.338 e. The number of carbonyl (C=O) groups excluding carboxylic acids is 1. The van der Waals surface area contributed by atoms with Crippen molar-refractivity contribution in [3.63, 3.8) is 0 Å². The molecule has 0 saturated carbocycles. The van der Waals surface area contributed by atoms with Gasteiger partial charge in [-0.15, -0.1) is 0 Å². The highest BCUT2D eigenvalue weighted by Gasteiger charge is 2.24. The number of aromatic nitrogens is 2. The molecule has 1 N–H and O–H groups in total. The SMILES string of the molecule is CC(C)c1ccc(CCC(=O)N2CCC(n3cc(C(=O)O)cn3)CC2)cc1. The van der Waals surface area contributed by atoms with Crippen LogP contribution >= 0.6 is 0 Å². The van der Waals surface area contributed by atoms with Crippen LogP contribution < -0.4 is 0 Å². The number of hydrogen-bond donors (Lipinski definition) is 1. The van der Waals surface area contributed by atoms with E-state index in [4.69, 9.17) is 5.11 Å². The van der Waals surface area contributed by atoms with E-state index in [2.05, 4.69) is 43.2 Å². The molecule has 1 aromatic carbocycles. The zero-order valence-electron chi connectivity index (χ0n) is 16.0. The standard InChI is InChI=1S/C21H27N3O3/c1-15(2)17-6-3-16(4-7-17)5-8-20(25)23-11-9-19(10-12-23)24-14-18(13-22-24)21(26)27/h3-4,6-7,13-15,19H,5,8-12H2,1-2H3,(H,26,27). The van der Waals surface area contributed by atoms with E-state index < -0.39 is 5.97 Å². The summed E-state index contributed by atoms with van der Waals surface area (Å²) >= 11 is 0. The minimum atomic E-state index is -0.963. The minimum Gasteiger partial charge on any atom is -0.478 e. The third-order valence-electron chi connectivity index (χ3n) is 5.31. The molecule has 1 aliphatic rings. The third kappa shape index (κ3) is 4.76. The zero-order valence-corrected chi connectivity index (χ0v) is 16.0. The van der Waals surface area contributed by atoms with Crippen LogP contribution in [0.25, 0.3) is 0 Å². The van der Waals surface area contributed by atoms with Gasteiger partial charge in [-0.05, 0) is 36.3 Å². The van der Waals surface area contributed by atoms with Crippen molar-refractivity contribution >= 4 is 11.9 Å². The lowest BCUT2D eigenvalue weighted by molar-refractivity contribution is -0.132. The van der Waals surface area contributed by atoms with E-state index in [9.17, 15) is 9.59 Å². The van der Waals surface area contributed by atoms with E-state index in [-0.39, 0.29) is 17.5 Å². The number of hydrogen-bond acceptors (Lipinski definition) is 3. The summed E-state index contributed by atoms with van der Waals surface area (Å²) in [5.41, 5.74) is 2.72. The maximum absolute atomic E-state index is 12.5. The molecular weight excluding hydrogens is 342 g/mol. The molecule has 0 atom stereocenters. The van der Waals surface area contributed by atoms with E-state index in [1.54, 1.807) is 10.9 Å². The first-order valence-corrected chi connectivity index (χ1v) is 9.58. The van der Waals surface area contributed by atoms with Gasteiger partial charge < -0.3 is 10.0 Å². The lowest BCUT2D eigenvalue weighted by Gasteiger charge is -2.32. The maximum Gasteiger partial charge on any atom is 0.338 e. The monoisotopic (exact) mass is 369 g/mol. The summed E-state index contributed by atoms with van der Waals surface area (Å²) < 4.78 is 1.72. The molecule has 1 fully saturated rings. The summed E-state index contributed by atoms with van der Waals surface area (Å²) in [6.45, 7) is 5.73. The Morgan fingerprint density at radius 3 is 2.41 bits per heavy atom. The maximum atomic E-state index is 12.5. The van der Waals surface area contributed by atoms with E-state index in [1.165, 1.54) is 17.3 Å². The van der Waals surface area contributed by atoms with Crippen LogP contribution in [-0.2, 0) is 11.2 Å². The Bertz CT molecular complexity index is 787. The van der Waals surface area contributed by atoms with Crippen molar-refractivity contribution in [1.82, 2.24) is 14.7 Å². The van der Waals surface area contributed by atoms with Crippen LogP contribution in [0.1, 0.15) is 66.6 Å². The first-order valence-electron chi connectivity index (χ1n) is 9.58. The number of nitrogens with zero attached hydrogens (tertiary/aromatic N) is 3. The topological polar surface area (TPSA) is 75.4 Å². The summed E-state index contributed by atoms with van der Waals surface area (Å²) in [6, 6.07) is 8.68. The number of carbonyl (C=O) groups is 2. The molecule has 27 heavy (non-hydrogen) atoms. The average molecular weight is 369 g/mol. The van der Waals surface area contributed by atoms with Crippen LogP contribution in [0.2, 0.25) is 0 Å². The molecule has 0 unspecified atom stereocenters. The van der Waals surface area contributed by atoms with Crippen molar-refractivity contribution in [2.45, 2.75) is 51.5 Å². The van der Waals surface area contributed by atoms with Gasteiger partial charge in [-0.3, -0.25) is 9.48 Å². The Balaban J connectivity index is 1.47. The van der Waals surface area contributed by atoms with E-state index in [0.29, 0.717) is 25.4 Å². The van der Waals surface area contributed by atoms with Gasteiger partial charge in [-0.2, -0.15) is 5.10 Å². The molecule has 3 rings (SSSR count). The summed E-state index contributed by atoms with van der Waals surface area (Å²) in [6.07, 6.45) is 5.84. The fourth-order valence-electron chi connectivity index (χ4n) is 3.51. The number of carboxylic acids is 1. The summed E-state index contributed by atoms with van der Waals surface area (Å²) in [5, 5.41) is 13.2. The van der Waals surface area contributed by atoms with Gasteiger partial charge >= 0.3 is 5.97 Å².